The maximum Gasteiger partial charge on any atom is 0.238 e. The Labute approximate surface area is 129 Å². The zero-order valence-electron chi connectivity index (χ0n) is 10.9. The maximum absolute atomic E-state index is 12.5. The molecule has 0 amide bonds. The molecule has 0 bridgehead atoms. The van der Waals surface area contributed by atoms with Crippen LogP contribution in [0.2, 0.25) is 0 Å². The molecule has 0 aliphatic carbocycles. The minimum Gasteiger partial charge on any atom is -0.249 e. The number of rotatable bonds is 2. The second-order valence-corrected chi connectivity index (χ2v) is 9.09. The van der Waals surface area contributed by atoms with E-state index in [9.17, 15) is 21.0 Å². The summed E-state index contributed by atoms with van der Waals surface area (Å²) in [6.07, 6.45) is 0. The maximum atomic E-state index is 12.5. The van der Waals surface area contributed by atoms with Gasteiger partial charge in [-0.15, -0.1) is 0 Å². The minimum atomic E-state index is -4.13. The van der Waals surface area contributed by atoms with E-state index in [1.807, 2.05) is 0 Å². The summed E-state index contributed by atoms with van der Waals surface area (Å²) in [5.74, 6) is 0. The van der Waals surface area contributed by atoms with E-state index in [4.69, 9.17) is 10.3 Å². The van der Waals surface area contributed by atoms with Gasteiger partial charge in [0.25, 0.3) is 0 Å². The van der Waals surface area contributed by atoms with Crippen molar-refractivity contribution in [1.82, 2.24) is 0 Å². The molecule has 4 N–H and O–H groups in total. The fraction of sp³-hybridized carbons (Fsp3) is 0. The Hall–Kier alpha value is -1.59. The van der Waals surface area contributed by atoms with Crippen molar-refractivity contribution in [3.63, 3.8) is 0 Å². The highest BCUT2D eigenvalue weighted by Gasteiger charge is 2.34. The molecule has 1 aliphatic heterocycles. The fourth-order valence-corrected chi connectivity index (χ4v) is 5.51. The standard InChI is InChI=1S/C12H10N2O5S3/c13-21(16,17)9-5-1-3-7-11(9)12-8(20(7)15)4-2-6-10(12)22(14,18)19/h1-6H,(H2,13,16,17)(H2,14,18,19). The Bertz CT molecular complexity index is 959. The lowest BCUT2D eigenvalue weighted by Gasteiger charge is -2.09. The van der Waals surface area contributed by atoms with Crippen molar-refractivity contribution in [2.75, 3.05) is 0 Å². The molecule has 0 atom stereocenters. The third-order valence-electron chi connectivity index (χ3n) is 3.24. The number of nitrogens with two attached hydrogens (primary N) is 2. The lowest BCUT2D eigenvalue weighted by atomic mass is 10.1. The molecule has 2 aromatic carbocycles. The average Bonchev–Trinajstić information content (AvgIpc) is 2.71. The van der Waals surface area contributed by atoms with Gasteiger partial charge >= 0.3 is 0 Å². The van der Waals surface area contributed by atoms with Crippen molar-refractivity contribution in [3.05, 3.63) is 36.4 Å². The number of primary sulfonamides is 2. The highest BCUT2D eigenvalue weighted by molar-refractivity contribution is 7.90. The molecule has 0 unspecified atom stereocenters. The predicted molar refractivity (Wildman–Crippen MR) is 79.3 cm³/mol. The smallest absolute Gasteiger partial charge is 0.238 e. The van der Waals surface area contributed by atoms with Gasteiger partial charge < -0.3 is 0 Å². The van der Waals surface area contributed by atoms with Gasteiger partial charge in [-0.05, 0) is 24.3 Å². The molecular weight excluding hydrogens is 348 g/mol. The van der Waals surface area contributed by atoms with Crippen molar-refractivity contribution in [2.24, 2.45) is 10.3 Å². The van der Waals surface area contributed by atoms with Crippen molar-refractivity contribution in [3.8, 4) is 11.1 Å². The second kappa shape index (κ2) is 4.70. The van der Waals surface area contributed by atoms with Crippen LogP contribution in [0.15, 0.2) is 56.0 Å². The summed E-state index contributed by atoms with van der Waals surface area (Å²) in [6, 6.07) is 8.21. The number of hydrogen-bond acceptors (Lipinski definition) is 5. The third-order valence-corrected chi connectivity index (χ3v) is 6.62. The molecule has 2 aromatic rings. The molecule has 0 saturated heterocycles. The molecule has 0 aromatic heterocycles. The van der Waals surface area contributed by atoms with Gasteiger partial charge in [0.05, 0.1) is 30.4 Å². The number of hydrogen-bond donors (Lipinski definition) is 2. The van der Waals surface area contributed by atoms with Gasteiger partial charge in [-0.1, -0.05) is 12.1 Å². The van der Waals surface area contributed by atoms with Gasteiger partial charge in [-0.2, -0.15) is 0 Å². The first kappa shape index (κ1) is 15.3. The zero-order chi connectivity index (χ0) is 16.3. The zero-order valence-corrected chi connectivity index (χ0v) is 13.3. The van der Waals surface area contributed by atoms with Crippen LogP contribution in [0, 0.1) is 0 Å². The Balaban J connectivity index is 2.55. The van der Waals surface area contributed by atoms with E-state index < -0.39 is 30.8 Å². The molecule has 10 heteroatoms. The SMILES string of the molecule is NS(=O)(=O)c1cccc2c1-c1c(cccc1S(N)(=O)=O)S2=O. The van der Waals surface area contributed by atoms with Crippen LogP contribution < -0.4 is 10.3 Å². The summed E-state index contributed by atoms with van der Waals surface area (Å²) >= 11 is 0. The first-order chi connectivity index (χ1) is 10.1. The van der Waals surface area contributed by atoms with Crippen molar-refractivity contribution in [1.29, 1.82) is 0 Å². The van der Waals surface area contributed by atoms with Crippen LogP contribution in [-0.4, -0.2) is 21.0 Å². The molecule has 0 radical (unpaired) electrons. The van der Waals surface area contributed by atoms with Gasteiger partial charge in [-0.3, -0.25) is 0 Å². The van der Waals surface area contributed by atoms with Crippen LogP contribution in [0.25, 0.3) is 11.1 Å². The quantitative estimate of drug-likeness (QED) is 0.670. The van der Waals surface area contributed by atoms with Crippen LogP contribution in [0.3, 0.4) is 0 Å². The molecule has 0 saturated carbocycles. The molecule has 22 heavy (non-hydrogen) atoms. The van der Waals surface area contributed by atoms with Crippen LogP contribution in [0.5, 0.6) is 0 Å². The van der Waals surface area contributed by atoms with E-state index in [0.717, 1.165) is 0 Å². The van der Waals surface area contributed by atoms with E-state index in [1.165, 1.54) is 36.4 Å². The highest BCUT2D eigenvalue weighted by atomic mass is 32.2. The monoisotopic (exact) mass is 358 g/mol. The molecule has 7 nitrogen and oxygen atoms in total. The summed E-state index contributed by atoms with van der Waals surface area (Å²) in [7, 11) is -9.96. The summed E-state index contributed by atoms with van der Waals surface area (Å²) in [4.78, 5) is -0.184. The van der Waals surface area contributed by atoms with Crippen molar-refractivity contribution >= 4 is 30.8 Å². The van der Waals surface area contributed by atoms with E-state index in [-0.39, 0.29) is 30.7 Å². The first-order valence-electron chi connectivity index (χ1n) is 5.86. The second-order valence-electron chi connectivity index (χ2n) is 4.62. The molecule has 0 fully saturated rings. The summed E-state index contributed by atoms with van der Waals surface area (Å²) in [5, 5.41) is 10.4. The Morgan fingerprint density at radius 2 is 1.09 bits per heavy atom. The van der Waals surface area contributed by atoms with Crippen LogP contribution in [0.1, 0.15) is 0 Å². The molecule has 116 valence electrons. The van der Waals surface area contributed by atoms with Crippen molar-refractivity contribution in [2.45, 2.75) is 19.6 Å². The highest BCUT2D eigenvalue weighted by Crippen LogP contribution is 2.46. The van der Waals surface area contributed by atoms with E-state index in [0.29, 0.717) is 0 Å². The minimum absolute atomic E-state index is 0.0305. The Kier molecular flexibility index (Phi) is 3.27. The first-order valence-corrected chi connectivity index (χ1v) is 10.1. The topological polar surface area (TPSA) is 137 Å². The van der Waals surface area contributed by atoms with Gasteiger partial charge in [0, 0.05) is 11.1 Å². The van der Waals surface area contributed by atoms with E-state index in [2.05, 4.69) is 0 Å². The molecule has 0 spiro atoms. The molecule has 1 aliphatic rings. The predicted octanol–water partition coefficient (Wildman–Crippen LogP) is 0.129. The lowest BCUT2D eigenvalue weighted by Crippen LogP contribution is -2.16. The molecular formula is C12H10N2O5S3. The lowest BCUT2D eigenvalue weighted by molar-refractivity contribution is 0.595. The van der Waals surface area contributed by atoms with E-state index >= 15 is 0 Å². The summed E-state index contributed by atoms with van der Waals surface area (Å²) < 4.78 is 59.6. The van der Waals surface area contributed by atoms with Crippen LogP contribution >= 0.6 is 0 Å². The van der Waals surface area contributed by atoms with E-state index in [1.54, 1.807) is 0 Å². The van der Waals surface area contributed by atoms with Crippen molar-refractivity contribution < 1.29 is 21.0 Å². The van der Waals surface area contributed by atoms with Gasteiger partial charge in [0.2, 0.25) is 20.0 Å². The average molecular weight is 358 g/mol. The third kappa shape index (κ3) is 2.20. The van der Waals surface area contributed by atoms with Gasteiger partial charge in [0.15, 0.2) is 0 Å². The van der Waals surface area contributed by atoms with Gasteiger partial charge in [-0.25, -0.2) is 31.3 Å². The summed E-state index contributed by atoms with van der Waals surface area (Å²) in [5.41, 5.74) is 0.0610. The number of sulfonamides is 2. The number of fused-ring (bicyclic) bond motifs is 3. The fourth-order valence-electron chi connectivity index (χ4n) is 2.42. The number of benzene rings is 2. The Morgan fingerprint density at radius 1 is 0.727 bits per heavy atom. The molecule has 3 rings (SSSR count). The van der Waals surface area contributed by atoms with Crippen LogP contribution in [0.4, 0.5) is 0 Å². The van der Waals surface area contributed by atoms with Gasteiger partial charge in [0.1, 0.15) is 0 Å². The Morgan fingerprint density at radius 3 is 1.41 bits per heavy atom. The summed E-state index contributed by atoms with van der Waals surface area (Å²) in [6.45, 7) is 0. The normalized spacial score (nSPS) is 14.6. The molecule has 1 heterocycles. The van der Waals surface area contributed by atoms with Crippen LogP contribution in [-0.2, 0) is 30.8 Å². The largest absolute Gasteiger partial charge is 0.249 e.